The zero-order valence-electron chi connectivity index (χ0n) is 4.72. The van der Waals surface area contributed by atoms with Gasteiger partial charge in [0.15, 0.2) is 11.0 Å². The third-order valence-electron chi connectivity index (χ3n) is 0.418. The van der Waals surface area contributed by atoms with Crippen molar-refractivity contribution in [3.05, 3.63) is 22.8 Å². The molecule has 1 N–H and O–H groups in total. The predicted molar refractivity (Wildman–Crippen MR) is 28.1 cm³/mol. The van der Waals surface area contributed by atoms with Crippen LogP contribution < -0.4 is 0 Å². The zero-order valence-corrected chi connectivity index (χ0v) is 4.72. The van der Waals surface area contributed by atoms with E-state index < -0.39 is 11.7 Å². The van der Waals surface area contributed by atoms with Gasteiger partial charge in [0, 0.05) is 4.91 Å². The third kappa shape index (κ3) is 3.16. The first-order chi connectivity index (χ1) is 4.68. The minimum Gasteiger partial charge on any atom is -0.502 e. The lowest BCUT2D eigenvalue weighted by molar-refractivity contribution is -0.273. The van der Waals surface area contributed by atoms with E-state index in [1.807, 2.05) is 0 Å². The molecule has 0 atom stereocenters. The Bertz CT molecular complexity index is 194. The van der Waals surface area contributed by atoms with Crippen molar-refractivity contribution in [1.29, 1.82) is 0 Å². The maximum absolute atomic E-state index is 10.1. The molecule has 7 heteroatoms. The zero-order chi connectivity index (χ0) is 7.98. The van der Waals surface area contributed by atoms with Crippen LogP contribution in [0.1, 0.15) is 0 Å². The Morgan fingerprint density at radius 2 is 2.40 bits per heavy atom. The summed E-state index contributed by atoms with van der Waals surface area (Å²) in [4.78, 5) is 19.4. The van der Waals surface area contributed by atoms with Gasteiger partial charge in [0.1, 0.15) is 0 Å². The van der Waals surface area contributed by atoms with Crippen LogP contribution in [-0.4, -0.2) is 11.1 Å². The predicted octanol–water partition coefficient (Wildman–Crippen LogP) is 0.758. The van der Waals surface area contributed by atoms with Crippen LogP contribution >= 0.6 is 0 Å². The van der Waals surface area contributed by atoms with Crippen LogP contribution in [0.2, 0.25) is 0 Å². The number of hydrogen-bond donors (Lipinski definition) is 1. The number of rotatable bonds is 3. The second-order valence-electron chi connectivity index (χ2n) is 1.06. The molecule has 0 saturated carbocycles. The maximum atomic E-state index is 10.1. The van der Waals surface area contributed by atoms with Crippen LogP contribution in [0.3, 0.4) is 0 Å². The van der Waals surface area contributed by atoms with Gasteiger partial charge in [-0.1, -0.05) is 0 Å². The molecule has 0 aliphatic heterocycles. The average molecular weight is 145 g/mol. The Balaban J connectivity index is 3.60. The van der Waals surface area contributed by atoms with E-state index in [0.717, 1.165) is 0 Å². The Kier molecular flexibility index (Phi) is 3.28. The summed E-state index contributed by atoms with van der Waals surface area (Å²) in [6.45, 7) is 2.80. The molecule has 7 nitrogen and oxygen atoms in total. The van der Waals surface area contributed by atoms with Crippen molar-refractivity contribution in [3.8, 4) is 0 Å². The molecule has 0 aromatic rings. The van der Waals surface area contributed by atoms with Gasteiger partial charge in [-0.3, -0.25) is 0 Å². The van der Waals surface area contributed by atoms with Gasteiger partial charge in [-0.25, -0.2) is 14.7 Å². The van der Waals surface area contributed by atoms with Gasteiger partial charge >= 0.3 is 5.97 Å². The van der Waals surface area contributed by atoms with Gasteiger partial charge in [-0.2, -0.15) is 0 Å². The number of azide groups is 1. The highest BCUT2D eigenvalue weighted by molar-refractivity contribution is 5.84. The van der Waals surface area contributed by atoms with E-state index in [-0.39, 0.29) is 0 Å². The number of aliphatic hydroxyl groups excluding tert-OH is 1. The van der Waals surface area contributed by atoms with Gasteiger partial charge in [0.2, 0.25) is 0 Å². The van der Waals surface area contributed by atoms with Gasteiger partial charge < -0.3 is 5.11 Å². The minimum absolute atomic E-state index is 0.840. The van der Waals surface area contributed by atoms with Crippen molar-refractivity contribution < 1.29 is 19.8 Å². The summed E-state index contributed by atoms with van der Waals surface area (Å²) in [5, 5.41) is 10.6. The van der Waals surface area contributed by atoms with E-state index in [1.165, 1.54) is 0 Å². The quantitative estimate of drug-likeness (QED) is 0.120. The lowest BCUT2D eigenvalue weighted by Gasteiger charge is -1.93. The van der Waals surface area contributed by atoms with E-state index in [0.29, 0.717) is 0 Å². The van der Waals surface area contributed by atoms with E-state index >= 15 is 0 Å². The molecular weight excluding hydrogens is 142 g/mol. The minimum atomic E-state index is -1.22. The summed E-state index contributed by atoms with van der Waals surface area (Å²) >= 11 is 0. The van der Waals surface area contributed by atoms with Gasteiger partial charge in [-0.05, 0) is 12.1 Å². The van der Waals surface area contributed by atoms with Crippen molar-refractivity contribution in [2.45, 2.75) is 0 Å². The second kappa shape index (κ2) is 4.04. The number of carbonyl (C=O) groups is 1. The van der Waals surface area contributed by atoms with Crippen molar-refractivity contribution >= 4 is 5.97 Å². The van der Waals surface area contributed by atoms with Crippen LogP contribution in [0.5, 0.6) is 0 Å². The second-order valence-corrected chi connectivity index (χ2v) is 1.06. The first-order valence-corrected chi connectivity index (χ1v) is 1.98. The summed E-state index contributed by atoms with van der Waals surface area (Å²) in [5.74, 6) is -2.06. The van der Waals surface area contributed by atoms with Crippen LogP contribution in [0.25, 0.3) is 10.4 Å². The third-order valence-corrected chi connectivity index (χ3v) is 0.418. The van der Waals surface area contributed by atoms with Crippen molar-refractivity contribution in [1.82, 2.24) is 0 Å². The van der Waals surface area contributed by atoms with Crippen molar-refractivity contribution in [2.75, 3.05) is 0 Å². The summed E-state index contributed by atoms with van der Waals surface area (Å²) in [6.07, 6.45) is 0. The van der Waals surface area contributed by atoms with Gasteiger partial charge in [-0.15, -0.1) is 0 Å². The Hall–Kier alpha value is -1.88. The summed E-state index contributed by atoms with van der Waals surface area (Å²) < 4.78 is 0. The molecule has 0 aromatic heterocycles. The molecule has 0 rings (SSSR count). The monoisotopic (exact) mass is 145 g/mol. The molecule has 0 aliphatic rings. The fraction of sp³-hybridized carbons (Fsp3) is 0. The first-order valence-electron chi connectivity index (χ1n) is 1.98. The lowest BCUT2D eigenvalue weighted by atomic mass is 10.6. The number of aliphatic hydroxyl groups is 1. The van der Waals surface area contributed by atoms with Crippen LogP contribution in [0.4, 0.5) is 0 Å². The Morgan fingerprint density at radius 1 is 1.80 bits per heavy atom. The highest BCUT2D eigenvalue weighted by atomic mass is 17.3. The van der Waals surface area contributed by atoms with Crippen LogP contribution in [0.15, 0.2) is 17.6 Å². The molecule has 54 valence electrons. The van der Waals surface area contributed by atoms with Crippen molar-refractivity contribution in [3.63, 3.8) is 0 Å². The molecule has 0 amide bonds. The van der Waals surface area contributed by atoms with E-state index in [2.05, 4.69) is 26.6 Å². The highest BCUT2D eigenvalue weighted by Crippen LogP contribution is 1.89. The molecule has 0 radical (unpaired) electrons. The summed E-state index contributed by atoms with van der Waals surface area (Å²) in [5.41, 5.74) is 7.57. The number of hydrogen-bond acceptors (Lipinski definition) is 5. The molecule has 0 aliphatic carbocycles. The summed E-state index contributed by atoms with van der Waals surface area (Å²) in [7, 11) is 0. The lowest BCUT2D eigenvalue weighted by Crippen LogP contribution is -2.04. The number of nitrogens with zero attached hydrogens (tertiary/aromatic N) is 3. The molecule has 0 bridgehead atoms. The number of carbonyl (C=O) groups excluding carboxylic acids is 1. The molecule has 10 heavy (non-hydrogen) atoms. The van der Waals surface area contributed by atoms with Crippen LogP contribution in [0, 0.1) is 0 Å². The first kappa shape index (κ1) is 8.12. The molecule has 0 spiro atoms. The SMILES string of the molecule is C=C(O)C(=O)OON=[N+]=[N-]. The molecular formula is C3H3N3O4. The van der Waals surface area contributed by atoms with E-state index in [1.54, 1.807) is 0 Å². The highest BCUT2D eigenvalue weighted by Gasteiger charge is 2.06. The smallest absolute Gasteiger partial charge is 0.420 e. The Morgan fingerprint density at radius 3 is 2.80 bits per heavy atom. The average Bonchev–Trinajstić information content (AvgIpc) is 1.88. The fourth-order valence-electron chi connectivity index (χ4n) is 0.114. The summed E-state index contributed by atoms with van der Waals surface area (Å²) in [6, 6.07) is 0. The largest absolute Gasteiger partial charge is 0.502 e. The van der Waals surface area contributed by atoms with Gasteiger partial charge in [0.25, 0.3) is 0 Å². The van der Waals surface area contributed by atoms with E-state index in [4.69, 9.17) is 10.6 Å². The standard InChI is InChI=1S/C3H3N3O4/c1-2(7)3(8)9-10-6-5-4/h7H,1H2. The van der Waals surface area contributed by atoms with Crippen LogP contribution in [-0.2, 0) is 14.7 Å². The Labute approximate surface area is 55.0 Å². The molecule has 0 unspecified atom stereocenters. The normalized spacial score (nSPS) is 7.20. The maximum Gasteiger partial charge on any atom is 0.420 e. The van der Waals surface area contributed by atoms with E-state index in [9.17, 15) is 4.79 Å². The molecule has 0 heterocycles. The fourth-order valence-corrected chi connectivity index (χ4v) is 0.114. The molecule has 0 fully saturated rings. The molecule has 0 aromatic carbocycles. The van der Waals surface area contributed by atoms with Gasteiger partial charge in [0.05, 0.1) is 0 Å². The molecule has 0 saturated heterocycles. The topological polar surface area (TPSA) is 105 Å². The van der Waals surface area contributed by atoms with Crippen molar-refractivity contribution in [2.24, 2.45) is 5.28 Å².